The van der Waals surface area contributed by atoms with Crippen LogP contribution in [0, 0.1) is 5.92 Å². The summed E-state index contributed by atoms with van der Waals surface area (Å²) in [6.07, 6.45) is 13.2. The second-order valence-electron chi connectivity index (χ2n) is 6.40. The highest BCUT2D eigenvalue weighted by molar-refractivity contribution is 4.82. The lowest BCUT2D eigenvalue weighted by Gasteiger charge is -2.39. The van der Waals surface area contributed by atoms with Crippen molar-refractivity contribution in [2.75, 3.05) is 13.1 Å². The van der Waals surface area contributed by atoms with E-state index in [1.54, 1.807) is 0 Å². The Morgan fingerprint density at radius 3 is 2.50 bits per heavy atom. The number of aliphatic hydroxyl groups is 1. The molecule has 0 aromatic carbocycles. The molecular formula is C16H31NO. The second kappa shape index (κ2) is 7.49. The molecule has 1 N–H and O–H groups in total. The average Bonchev–Trinajstić information content (AvgIpc) is 2.42. The fraction of sp³-hybridized carbons (Fsp3) is 1.00. The molecule has 0 aromatic rings. The number of piperidine rings is 1. The first-order valence-corrected chi connectivity index (χ1v) is 8.23. The molecule has 2 unspecified atom stereocenters. The number of likely N-dealkylation sites (tertiary alicyclic amines) is 1. The fourth-order valence-corrected chi connectivity index (χ4v) is 3.87. The van der Waals surface area contributed by atoms with Crippen LogP contribution in [-0.4, -0.2) is 35.2 Å². The molecule has 1 aliphatic carbocycles. The summed E-state index contributed by atoms with van der Waals surface area (Å²) in [6.45, 7) is 4.44. The van der Waals surface area contributed by atoms with Crippen LogP contribution in [0.15, 0.2) is 0 Å². The van der Waals surface area contributed by atoms with E-state index in [4.69, 9.17) is 0 Å². The minimum absolute atomic E-state index is 0.0669. The van der Waals surface area contributed by atoms with Crippen LogP contribution in [0.5, 0.6) is 0 Å². The summed E-state index contributed by atoms with van der Waals surface area (Å²) in [7, 11) is 0. The molecule has 0 bridgehead atoms. The van der Waals surface area contributed by atoms with Crippen molar-refractivity contribution in [3.05, 3.63) is 0 Å². The zero-order valence-electron chi connectivity index (χ0n) is 12.1. The van der Waals surface area contributed by atoms with E-state index in [-0.39, 0.29) is 6.10 Å². The molecule has 2 heteroatoms. The molecule has 1 saturated carbocycles. The smallest absolute Gasteiger partial charge is 0.0695 e. The number of hydrogen-bond acceptors (Lipinski definition) is 2. The van der Waals surface area contributed by atoms with Gasteiger partial charge in [0.2, 0.25) is 0 Å². The van der Waals surface area contributed by atoms with Gasteiger partial charge in [0.1, 0.15) is 0 Å². The molecule has 2 nitrogen and oxygen atoms in total. The van der Waals surface area contributed by atoms with Gasteiger partial charge in [0.05, 0.1) is 6.10 Å². The van der Waals surface area contributed by atoms with Gasteiger partial charge in [-0.3, -0.25) is 4.90 Å². The summed E-state index contributed by atoms with van der Waals surface area (Å²) in [5.41, 5.74) is 0. The predicted octanol–water partition coefficient (Wildman–Crippen LogP) is 3.58. The summed E-state index contributed by atoms with van der Waals surface area (Å²) in [6, 6.07) is 0.752. The molecule has 0 aromatic heterocycles. The van der Waals surface area contributed by atoms with E-state index in [1.165, 1.54) is 70.8 Å². The van der Waals surface area contributed by atoms with Crippen molar-refractivity contribution in [1.82, 2.24) is 4.90 Å². The molecular weight excluding hydrogens is 222 g/mol. The minimum Gasteiger partial charge on any atom is -0.392 e. The lowest BCUT2D eigenvalue weighted by atomic mass is 9.84. The molecule has 2 fully saturated rings. The third-order valence-electron chi connectivity index (χ3n) is 4.99. The highest BCUT2D eigenvalue weighted by atomic mass is 16.3. The van der Waals surface area contributed by atoms with E-state index < -0.39 is 0 Å². The first kappa shape index (κ1) is 14.3. The molecule has 0 radical (unpaired) electrons. The summed E-state index contributed by atoms with van der Waals surface area (Å²) in [4.78, 5) is 2.59. The van der Waals surface area contributed by atoms with E-state index in [0.29, 0.717) is 5.92 Å². The van der Waals surface area contributed by atoms with Crippen molar-refractivity contribution in [3.8, 4) is 0 Å². The Hall–Kier alpha value is -0.0800. The van der Waals surface area contributed by atoms with Gasteiger partial charge in [-0.15, -0.1) is 0 Å². The van der Waals surface area contributed by atoms with Crippen LogP contribution in [-0.2, 0) is 0 Å². The lowest BCUT2D eigenvalue weighted by Crippen LogP contribution is -2.45. The quantitative estimate of drug-likeness (QED) is 0.809. The Morgan fingerprint density at radius 1 is 1.06 bits per heavy atom. The highest BCUT2D eigenvalue weighted by Crippen LogP contribution is 2.28. The van der Waals surface area contributed by atoms with E-state index >= 15 is 0 Å². The van der Waals surface area contributed by atoms with E-state index in [1.807, 2.05) is 0 Å². The zero-order valence-corrected chi connectivity index (χ0v) is 12.1. The Bertz CT molecular complexity index is 223. The normalized spacial score (nSPS) is 29.3. The molecule has 1 aliphatic heterocycles. The average molecular weight is 253 g/mol. The van der Waals surface area contributed by atoms with Crippen LogP contribution in [0.2, 0.25) is 0 Å². The van der Waals surface area contributed by atoms with Gasteiger partial charge in [-0.05, 0) is 44.6 Å². The van der Waals surface area contributed by atoms with Crippen molar-refractivity contribution >= 4 is 0 Å². The van der Waals surface area contributed by atoms with Crippen molar-refractivity contribution < 1.29 is 5.11 Å². The van der Waals surface area contributed by atoms with Gasteiger partial charge >= 0.3 is 0 Å². The SMILES string of the molecule is CCCC1CCCCN1CC(O)C1CCCCC1. The van der Waals surface area contributed by atoms with Crippen LogP contribution in [0.4, 0.5) is 0 Å². The Labute approximate surface area is 113 Å². The van der Waals surface area contributed by atoms with Crippen molar-refractivity contribution in [2.45, 2.75) is 83.3 Å². The summed E-state index contributed by atoms with van der Waals surface area (Å²) < 4.78 is 0. The monoisotopic (exact) mass is 253 g/mol. The number of rotatable bonds is 5. The van der Waals surface area contributed by atoms with E-state index in [0.717, 1.165) is 12.6 Å². The number of aliphatic hydroxyl groups excluding tert-OH is 1. The molecule has 2 atom stereocenters. The summed E-state index contributed by atoms with van der Waals surface area (Å²) >= 11 is 0. The first-order valence-electron chi connectivity index (χ1n) is 8.23. The topological polar surface area (TPSA) is 23.5 Å². The molecule has 1 heterocycles. The van der Waals surface area contributed by atoms with Gasteiger partial charge in [0, 0.05) is 12.6 Å². The number of β-amino-alcohol motifs (C(OH)–C–C–N with tert-alkyl or cyclic N) is 1. The second-order valence-corrected chi connectivity index (χ2v) is 6.40. The van der Waals surface area contributed by atoms with Crippen LogP contribution in [0.1, 0.15) is 71.1 Å². The zero-order chi connectivity index (χ0) is 12.8. The standard InChI is InChI=1S/C16H31NO/c1-2-8-15-11-6-7-12-17(15)13-16(18)14-9-4-3-5-10-14/h14-16,18H,2-13H2,1H3. The number of hydrogen-bond donors (Lipinski definition) is 1. The van der Waals surface area contributed by atoms with Crippen LogP contribution >= 0.6 is 0 Å². The van der Waals surface area contributed by atoms with Crippen molar-refractivity contribution in [3.63, 3.8) is 0 Å². The molecule has 2 rings (SSSR count). The maximum atomic E-state index is 10.5. The van der Waals surface area contributed by atoms with Gasteiger partial charge in [0.25, 0.3) is 0 Å². The predicted molar refractivity (Wildman–Crippen MR) is 76.7 cm³/mol. The van der Waals surface area contributed by atoms with Gasteiger partial charge in [-0.1, -0.05) is 39.0 Å². The van der Waals surface area contributed by atoms with Gasteiger partial charge in [-0.25, -0.2) is 0 Å². The Kier molecular flexibility index (Phi) is 5.97. The lowest BCUT2D eigenvalue weighted by molar-refractivity contribution is 0.0208. The largest absolute Gasteiger partial charge is 0.392 e. The molecule has 18 heavy (non-hydrogen) atoms. The molecule has 2 aliphatic rings. The molecule has 1 saturated heterocycles. The number of nitrogens with zero attached hydrogens (tertiary/aromatic N) is 1. The van der Waals surface area contributed by atoms with E-state index in [2.05, 4.69) is 11.8 Å². The summed E-state index contributed by atoms with van der Waals surface area (Å²) in [5, 5.41) is 10.5. The van der Waals surface area contributed by atoms with Gasteiger partial charge < -0.3 is 5.11 Å². The van der Waals surface area contributed by atoms with E-state index in [9.17, 15) is 5.11 Å². The Morgan fingerprint density at radius 2 is 1.78 bits per heavy atom. The third kappa shape index (κ3) is 3.96. The van der Waals surface area contributed by atoms with Gasteiger partial charge in [-0.2, -0.15) is 0 Å². The maximum absolute atomic E-state index is 10.5. The Balaban J connectivity index is 1.81. The molecule has 0 amide bonds. The minimum atomic E-state index is -0.0669. The molecule has 106 valence electrons. The fourth-order valence-electron chi connectivity index (χ4n) is 3.87. The van der Waals surface area contributed by atoms with Crippen LogP contribution in [0.25, 0.3) is 0 Å². The van der Waals surface area contributed by atoms with Crippen LogP contribution < -0.4 is 0 Å². The van der Waals surface area contributed by atoms with Crippen molar-refractivity contribution in [2.24, 2.45) is 5.92 Å². The maximum Gasteiger partial charge on any atom is 0.0695 e. The first-order chi connectivity index (χ1) is 8.81. The molecule has 0 spiro atoms. The third-order valence-corrected chi connectivity index (χ3v) is 4.99. The van der Waals surface area contributed by atoms with Crippen LogP contribution in [0.3, 0.4) is 0 Å². The highest BCUT2D eigenvalue weighted by Gasteiger charge is 2.27. The van der Waals surface area contributed by atoms with Gasteiger partial charge in [0.15, 0.2) is 0 Å². The van der Waals surface area contributed by atoms with Crippen molar-refractivity contribution in [1.29, 1.82) is 0 Å². The summed E-state index contributed by atoms with van der Waals surface area (Å²) in [5.74, 6) is 0.586.